The van der Waals surface area contributed by atoms with Gasteiger partial charge >= 0.3 is 0 Å². The molecule has 6 heteroatoms. The van der Waals surface area contributed by atoms with Crippen LogP contribution in [0, 0.1) is 0 Å². The summed E-state index contributed by atoms with van der Waals surface area (Å²) < 4.78 is 5.26. The molecule has 2 N–H and O–H groups in total. The Morgan fingerprint density at radius 3 is 2.87 bits per heavy atom. The van der Waals surface area contributed by atoms with Gasteiger partial charge in [0.05, 0.1) is 18.7 Å². The Kier molecular flexibility index (Phi) is 3.27. The average molecular weight is 305 g/mol. The lowest BCUT2D eigenvalue weighted by molar-refractivity contribution is 0.415. The molecule has 6 nitrogen and oxygen atoms in total. The van der Waals surface area contributed by atoms with E-state index < -0.39 is 0 Å². The van der Waals surface area contributed by atoms with Crippen LogP contribution in [0.25, 0.3) is 21.8 Å². The Hall–Kier alpha value is -3.15. The summed E-state index contributed by atoms with van der Waals surface area (Å²) in [6, 6.07) is 12.4. The summed E-state index contributed by atoms with van der Waals surface area (Å²) in [7, 11) is 1.68. The second-order valence-corrected chi connectivity index (χ2v) is 5.26. The van der Waals surface area contributed by atoms with E-state index in [4.69, 9.17) is 4.74 Å². The number of aromatic amines is 1. The number of rotatable bonds is 4. The predicted molar refractivity (Wildman–Crippen MR) is 89.5 cm³/mol. The molecule has 0 aliphatic carbocycles. The van der Waals surface area contributed by atoms with Crippen molar-refractivity contribution in [3.63, 3.8) is 0 Å². The van der Waals surface area contributed by atoms with Crippen molar-refractivity contribution in [1.82, 2.24) is 20.2 Å². The largest absolute Gasteiger partial charge is 0.497 e. The normalized spacial score (nSPS) is 11.0. The van der Waals surface area contributed by atoms with Crippen LogP contribution >= 0.6 is 0 Å². The number of anilines is 1. The van der Waals surface area contributed by atoms with Gasteiger partial charge in [0.25, 0.3) is 0 Å². The van der Waals surface area contributed by atoms with E-state index in [2.05, 4.69) is 49.7 Å². The highest BCUT2D eigenvalue weighted by molar-refractivity contribution is 5.86. The minimum atomic E-state index is 0.680. The number of aromatic nitrogens is 4. The van der Waals surface area contributed by atoms with Gasteiger partial charge in [0, 0.05) is 6.54 Å². The van der Waals surface area contributed by atoms with Crippen LogP contribution in [0.5, 0.6) is 5.75 Å². The molecular weight excluding hydrogens is 290 g/mol. The number of nitrogens with one attached hydrogen (secondary N) is 2. The van der Waals surface area contributed by atoms with Crippen LogP contribution in [0.3, 0.4) is 0 Å². The second kappa shape index (κ2) is 5.57. The third-order valence-corrected chi connectivity index (χ3v) is 3.82. The Bertz CT molecular complexity index is 979. The molecule has 0 amide bonds. The number of H-pyrrole nitrogens is 1. The highest BCUT2D eigenvalue weighted by Gasteiger charge is 2.05. The number of nitrogens with zero attached hydrogens (tertiary/aromatic N) is 3. The maximum Gasteiger partial charge on any atom is 0.160 e. The Morgan fingerprint density at radius 2 is 1.96 bits per heavy atom. The molecule has 4 aromatic rings. The third kappa shape index (κ3) is 2.55. The predicted octanol–water partition coefficient (Wildman–Crippen LogP) is 3.13. The molecule has 0 saturated carbocycles. The van der Waals surface area contributed by atoms with Gasteiger partial charge in [0.15, 0.2) is 5.65 Å². The molecule has 23 heavy (non-hydrogen) atoms. The van der Waals surface area contributed by atoms with Crippen LogP contribution in [0.1, 0.15) is 5.56 Å². The number of hydrogen-bond acceptors (Lipinski definition) is 5. The van der Waals surface area contributed by atoms with Gasteiger partial charge in [-0.2, -0.15) is 5.10 Å². The van der Waals surface area contributed by atoms with E-state index >= 15 is 0 Å². The molecule has 0 bridgehead atoms. The Labute approximate surface area is 132 Å². The topological polar surface area (TPSA) is 75.7 Å². The van der Waals surface area contributed by atoms with Crippen molar-refractivity contribution in [2.24, 2.45) is 0 Å². The first-order valence-electron chi connectivity index (χ1n) is 7.28. The molecule has 0 spiro atoms. The Balaban J connectivity index is 1.59. The summed E-state index contributed by atoms with van der Waals surface area (Å²) in [5, 5.41) is 13.4. The number of methoxy groups -OCH3 is 1. The van der Waals surface area contributed by atoms with Gasteiger partial charge in [-0.3, -0.25) is 5.10 Å². The van der Waals surface area contributed by atoms with Crippen molar-refractivity contribution in [3.8, 4) is 5.75 Å². The van der Waals surface area contributed by atoms with Gasteiger partial charge in [0.2, 0.25) is 0 Å². The quantitative estimate of drug-likeness (QED) is 0.606. The van der Waals surface area contributed by atoms with Gasteiger partial charge in [-0.25, -0.2) is 9.97 Å². The summed E-state index contributed by atoms with van der Waals surface area (Å²) in [5.74, 6) is 1.64. The first-order valence-corrected chi connectivity index (χ1v) is 7.28. The number of benzene rings is 2. The van der Waals surface area contributed by atoms with Crippen molar-refractivity contribution in [2.75, 3.05) is 12.4 Å². The molecule has 4 rings (SSSR count). The highest BCUT2D eigenvalue weighted by Crippen LogP contribution is 2.23. The SMILES string of the molecule is COc1ccc2cc(CNc3ncnc4[nH]ncc34)ccc2c1. The summed E-state index contributed by atoms with van der Waals surface area (Å²) in [6.07, 6.45) is 3.25. The standard InChI is InChI=1S/C17H15N5O/c1-23-14-5-4-12-6-11(2-3-13(12)7-14)8-18-16-15-9-21-22-17(15)20-10-19-16/h2-7,9-10H,8H2,1H3,(H2,18,19,20,21,22). The first kappa shape index (κ1) is 13.5. The zero-order chi connectivity index (χ0) is 15.6. The average Bonchev–Trinajstić information content (AvgIpc) is 3.08. The highest BCUT2D eigenvalue weighted by atomic mass is 16.5. The van der Waals surface area contributed by atoms with Crippen molar-refractivity contribution in [1.29, 1.82) is 0 Å². The van der Waals surface area contributed by atoms with Crippen LogP contribution in [0.4, 0.5) is 5.82 Å². The van der Waals surface area contributed by atoms with Crippen LogP contribution in [-0.2, 0) is 6.54 Å². The maximum atomic E-state index is 5.26. The molecule has 0 fully saturated rings. The van der Waals surface area contributed by atoms with E-state index in [9.17, 15) is 0 Å². The van der Waals surface area contributed by atoms with Gasteiger partial charge in [-0.05, 0) is 34.5 Å². The minimum absolute atomic E-state index is 0.680. The number of fused-ring (bicyclic) bond motifs is 2. The van der Waals surface area contributed by atoms with Gasteiger partial charge in [0.1, 0.15) is 17.9 Å². The summed E-state index contributed by atoms with van der Waals surface area (Å²) >= 11 is 0. The summed E-state index contributed by atoms with van der Waals surface area (Å²) in [4.78, 5) is 8.41. The number of ether oxygens (including phenoxy) is 1. The monoisotopic (exact) mass is 305 g/mol. The molecule has 0 unspecified atom stereocenters. The molecule has 0 aliphatic heterocycles. The maximum absolute atomic E-state index is 5.26. The molecular formula is C17H15N5O. The molecule has 0 radical (unpaired) electrons. The van der Waals surface area contributed by atoms with E-state index in [0.717, 1.165) is 28.0 Å². The second-order valence-electron chi connectivity index (χ2n) is 5.26. The van der Waals surface area contributed by atoms with Crippen molar-refractivity contribution in [2.45, 2.75) is 6.54 Å². The zero-order valence-electron chi connectivity index (χ0n) is 12.6. The van der Waals surface area contributed by atoms with Crippen LogP contribution < -0.4 is 10.1 Å². The molecule has 2 aromatic carbocycles. The van der Waals surface area contributed by atoms with E-state index in [1.54, 1.807) is 13.3 Å². The van der Waals surface area contributed by atoms with E-state index in [0.29, 0.717) is 6.54 Å². The van der Waals surface area contributed by atoms with Gasteiger partial charge in [-0.15, -0.1) is 0 Å². The molecule has 114 valence electrons. The fraction of sp³-hybridized carbons (Fsp3) is 0.118. The third-order valence-electron chi connectivity index (χ3n) is 3.82. The lowest BCUT2D eigenvalue weighted by atomic mass is 10.1. The van der Waals surface area contributed by atoms with Gasteiger partial charge < -0.3 is 10.1 Å². The lowest BCUT2D eigenvalue weighted by Gasteiger charge is -2.08. The molecule has 0 atom stereocenters. The summed E-state index contributed by atoms with van der Waals surface area (Å²) in [6.45, 7) is 0.680. The lowest BCUT2D eigenvalue weighted by Crippen LogP contribution is -2.02. The molecule has 2 aromatic heterocycles. The van der Waals surface area contributed by atoms with E-state index in [1.807, 2.05) is 12.1 Å². The minimum Gasteiger partial charge on any atom is -0.497 e. The van der Waals surface area contributed by atoms with Crippen LogP contribution in [0.15, 0.2) is 48.9 Å². The fourth-order valence-electron chi connectivity index (χ4n) is 2.60. The van der Waals surface area contributed by atoms with E-state index in [1.165, 1.54) is 17.3 Å². The summed E-state index contributed by atoms with van der Waals surface area (Å²) in [5.41, 5.74) is 1.91. The smallest absolute Gasteiger partial charge is 0.160 e. The van der Waals surface area contributed by atoms with Gasteiger partial charge in [-0.1, -0.05) is 18.2 Å². The molecule has 2 heterocycles. The van der Waals surface area contributed by atoms with E-state index in [-0.39, 0.29) is 0 Å². The molecule has 0 saturated heterocycles. The van der Waals surface area contributed by atoms with Crippen molar-refractivity contribution >= 4 is 27.6 Å². The van der Waals surface area contributed by atoms with Crippen molar-refractivity contribution < 1.29 is 4.74 Å². The van der Waals surface area contributed by atoms with Crippen molar-refractivity contribution in [3.05, 3.63) is 54.5 Å². The Morgan fingerprint density at radius 1 is 1.09 bits per heavy atom. The number of hydrogen-bond donors (Lipinski definition) is 2. The molecule has 0 aliphatic rings. The van der Waals surface area contributed by atoms with Crippen LogP contribution in [-0.4, -0.2) is 27.3 Å². The zero-order valence-corrected chi connectivity index (χ0v) is 12.6. The fourth-order valence-corrected chi connectivity index (χ4v) is 2.60. The first-order chi connectivity index (χ1) is 11.3. The van der Waals surface area contributed by atoms with Crippen LogP contribution in [0.2, 0.25) is 0 Å².